The first-order chi connectivity index (χ1) is 9.36. The van der Waals surface area contributed by atoms with Gasteiger partial charge in [0.2, 0.25) is 11.8 Å². The summed E-state index contributed by atoms with van der Waals surface area (Å²) in [5.74, 6) is 0.755. The molecule has 0 spiro atoms. The molecule has 1 aliphatic heterocycles. The molecule has 6 nitrogen and oxygen atoms in total. The van der Waals surface area contributed by atoms with Crippen LogP contribution < -0.4 is 10.6 Å². The second-order valence-corrected chi connectivity index (χ2v) is 6.61. The molecular weight excluding hydrogens is 256 g/mol. The maximum absolute atomic E-state index is 11.9. The minimum atomic E-state index is -0.0815. The molecule has 112 valence electrons. The first kappa shape index (κ1) is 15.0. The molecule has 20 heavy (non-hydrogen) atoms. The zero-order chi connectivity index (χ0) is 14.8. The van der Waals surface area contributed by atoms with Gasteiger partial charge in [-0.1, -0.05) is 32.8 Å². The van der Waals surface area contributed by atoms with Gasteiger partial charge >= 0.3 is 6.01 Å². The van der Waals surface area contributed by atoms with E-state index < -0.39 is 0 Å². The molecular formula is C14H24N4O2. The highest BCUT2D eigenvalue weighted by atomic mass is 16.4. The van der Waals surface area contributed by atoms with Gasteiger partial charge in [0.05, 0.1) is 6.04 Å². The number of carbonyl (C=O) groups is 1. The Bertz CT molecular complexity index is 458. The molecule has 1 aromatic heterocycles. The summed E-state index contributed by atoms with van der Waals surface area (Å²) in [6, 6.07) is 0.321. The van der Waals surface area contributed by atoms with Gasteiger partial charge < -0.3 is 9.73 Å². The van der Waals surface area contributed by atoms with Crippen molar-refractivity contribution in [3.05, 3.63) is 5.89 Å². The van der Waals surface area contributed by atoms with Crippen molar-refractivity contribution in [2.45, 2.75) is 53.0 Å². The average Bonchev–Trinajstić information content (AvgIpc) is 2.96. The summed E-state index contributed by atoms with van der Waals surface area (Å²) >= 11 is 0. The van der Waals surface area contributed by atoms with Crippen molar-refractivity contribution in [3.8, 4) is 0 Å². The predicted molar refractivity (Wildman–Crippen MR) is 76.1 cm³/mol. The van der Waals surface area contributed by atoms with Gasteiger partial charge in [0.1, 0.15) is 0 Å². The molecule has 0 bridgehead atoms. The lowest BCUT2D eigenvalue weighted by molar-refractivity contribution is -0.117. The third-order valence-corrected chi connectivity index (χ3v) is 4.02. The van der Waals surface area contributed by atoms with Crippen LogP contribution in [-0.4, -0.2) is 22.6 Å². The second-order valence-electron chi connectivity index (χ2n) is 6.61. The number of anilines is 1. The number of carbonyl (C=O) groups excluding carboxylic acids is 1. The summed E-state index contributed by atoms with van der Waals surface area (Å²) in [4.78, 5) is 11.9. The Morgan fingerprint density at radius 1 is 1.50 bits per heavy atom. The van der Waals surface area contributed by atoms with Crippen molar-refractivity contribution in [2.75, 3.05) is 11.9 Å². The second kappa shape index (κ2) is 5.91. The molecule has 1 aliphatic rings. The Hall–Kier alpha value is -1.43. The van der Waals surface area contributed by atoms with Gasteiger partial charge in [-0.25, -0.2) is 0 Å². The topological polar surface area (TPSA) is 80.0 Å². The van der Waals surface area contributed by atoms with Crippen LogP contribution in [0, 0.1) is 11.3 Å². The highest BCUT2D eigenvalue weighted by Gasteiger charge is 2.25. The van der Waals surface area contributed by atoms with E-state index in [1.807, 2.05) is 0 Å². The van der Waals surface area contributed by atoms with Gasteiger partial charge in [-0.3, -0.25) is 10.1 Å². The number of aromatic nitrogens is 2. The number of nitrogens with zero attached hydrogens (tertiary/aromatic N) is 2. The monoisotopic (exact) mass is 280 g/mol. The summed E-state index contributed by atoms with van der Waals surface area (Å²) in [7, 11) is 0. The van der Waals surface area contributed by atoms with Crippen LogP contribution in [-0.2, 0) is 4.79 Å². The molecule has 6 heteroatoms. The van der Waals surface area contributed by atoms with Crippen LogP contribution in [0.15, 0.2) is 4.42 Å². The fraction of sp³-hybridized carbons (Fsp3) is 0.786. The standard InChI is InChI=1S/C14H24N4O2/c1-9(14(2,3)4)8-11(19)16-13-18-17-12(20-13)10-6-5-7-15-10/h9-10,15H,5-8H2,1-4H3,(H,16,18,19). The third kappa shape index (κ3) is 3.79. The maximum Gasteiger partial charge on any atom is 0.322 e. The Morgan fingerprint density at radius 2 is 2.25 bits per heavy atom. The van der Waals surface area contributed by atoms with E-state index in [4.69, 9.17) is 4.42 Å². The van der Waals surface area contributed by atoms with E-state index in [1.165, 1.54) is 0 Å². The zero-order valence-corrected chi connectivity index (χ0v) is 12.7. The van der Waals surface area contributed by atoms with Crippen molar-refractivity contribution >= 4 is 11.9 Å². The van der Waals surface area contributed by atoms with E-state index in [-0.39, 0.29) is 29.3 Å². The van der Waals surface area contributed by atoms with Gasteiger partial charge in [-0.15, -0.1) is 5.10 Å². The SMILES string of the molecule is CC(CC(=O)Nc1nnc(C2CCCN2)o1)C(C)(C)C. The van der Waals surface area contributed by atoms with Crippen LogP contribution in [0.4, 0.5) is 6.01 Å². The Kier molecular flexibility index (Phi) is 4.42. The van der Waals surface area contributed by atoms with Gasteiger partial charge in [-0.2, -0.15) is 0 Å². The van der Waals surface area contributed by atoms with E-state index in [9.17, 15) is 4.79 Å². The van der Waals surface area contributed by atoms with Crippen molar-refractivity contribution in [1.29, 1.82) is 0 Å². The highest BCUT2D eigenvalue weighted by Crippen LogP contribution is 2.28. The molecule has 1 saturated heterocycles. The van der Waals surface area contributed by atoms with Crippen LogP contribution in [0.25, 0.3) is 0 Å². The number of rotatable bonds is 4. The van der Waals surface area contributed by atoms with E-state index in [0.29, 0.717) is 12.3 Å². The summed E-state index contributed by atoms with van der Waals surface area (Å²) in [6.45, 7) is 9.42. The Balaban J connectivity index is 1.88. The molecule has 2 unspecified atom stereocenters. The summed E-state index contributed by atoms with van der Waals surface area (Å²) < 4.78 is 5.49. The highest BCUT2D eigenvalue weighted by molar-refractivity contribution is 5.88. The zero-order valence-electron chi connectivity index (χ0n) is 12.7. The molecule has 1 aromatic rings. The molecule has 2 atom stereocenters. The van der Waals surface area contributed by atoms with Crippen molar-refractivity contribution in [1.82, 2.24) is 15.5 Å². The van der Waals surface area contributed by atoms with Crippen LogP contribution in [0.5, 0.6) is 0 Å². The van der Waals surface area contributed by atoms with Gasteiger partial charge in [0, 0.05) is 6.42 Å². The van der Waals surface area contributed by atoms with E-state index in [0.717, 1.165) is 19.4 Å². The molecule has 0 saturated carbocycles. The molecule has 0 aliphatic carbocycles. The number of hydrogen-bond donors (Lipinski definition) is 2. The Morgan fingerprint density at radius 3 is 2.85 bits per heavy atom. The van der Waals surface area contributed by atoms with Gasteiger partial charge in [0.15, 0.2) is 0 Å². The molecule has 1 fully saturated rings. The Labute approximate surface area is 119 Å². The number of hydrogen-bond acceptors (Lipinski definition) is 5. The first-order valence-corrected chi connectivity index (χ1v) is 7.23. The summed E-state index contributed by atoms with van der Waals surface area (Å²) in [5.41, 5.74) is 0.102. The fourth-order valence-electron chi connectivity index (χ4n) is 2.08. The minimum absolute atomic E-state index is 0.0815. The van der Waals surface area contributed by atoms with Crippen molar-refractivity contribution in [2.24, 2.45) is 11.3 Å². The van der Waals surface area contributed by atoms with Gasteiger partial charge in [-0.05, 0) is 30.7 Å². The lowest BCUT2D eigenvalue weighted by atomic mass is 9.80. The van der Waals surface area contributed by atoms with Crippen molar-refractivity contribution in [3.63, 3.8) is 0 Å². The number of amides is 1. The van der Waals surface area contributed by atoms with Crippen LogP contribution in [0.3, 0.4) is 0 Å². The quantitative estimate of drug-likeness (QED) is 0.885. The largest absolute Gasteiger partial charge is 0.406 e. The fourth-order valence-corrected chi connectivity index (χ4v) is 2.08. The average molecular weight is 280 g/mol. The lowest BCUT2D eigenvalue weighted by Crippen LogP contribution is -2.24. The van der Waals surface area contributed by atoms with Gasteiger partial charge in [0.25, 0.3) is 0 Å². The first-order valence-electron chi connectivity index (χ1n) is 7.23. The van der Waals surface area contributed by atoms with Crippen LogP contribution in [0.1, 0.15) is 58.9 Å². The predicted octanol–water partition coefficient (Wildman–Crippen LogP) is 2.50. The van der Waals surface area contributed by atoms with Crippen LogP contribution >= 0.6 is 0 Å². The summed E-state index contributed by atoms with van der Waals surface area (Å²) in [6.07, 6.45) is 2.55. The molecule has 0 radical (unpaired) electrons. The normalized spacial score (nSPS) is 20.9. The number of nitrogens with one attached hydrogen (secondary N) is 2. The minimum Gasteiger partial charge on any atom is -0.406 e. The lowest BCUT2D eigenvalue weighted by Gasteiger charge is -2.26. The van der Waals surface area contributed by atoms with E-state index in [1.54, 1.807) is 0 Å². The molecule has 2 N–H and O–H groups in total. The molecule has 2 rings (SSSR count). The van der Waals surface area contributed by atoms with Crippen molar-refractivity contribution < 1.29 is 9.21 Å². The molecule has 0 aromatic carbocycles. The van der Waals surface area contributed by atoms with E-state index >= 15 is 0 Å². The summed E-state index contributed by atoms with van der Waals surface area (Å²) in [5, 5.41) is 13.8. The maximum atomic E-state index is 11.9. The molecule has 2 heterocycles. The molecule has 1 amide bonds. The van der Waals surface area contributed by atoms with Crippen LogP contribution in [0.2, 0.25) is 0 Å². The third-order valence-electron chi connectivity index (χ3n) is 4.02. The van der Waals surface area contributed by atoms with E-state index in [2.05, 4.69) is 48.5 Å². The smallest absolute Gasteiger partial charge is 0.322 e.